The summed E-state index contributed by atoms with van der Waals surface area (Å²) in [5.41, 5.74) is 1.23. The first kappa shape index (κ1) is 18.8. The molecule has 0 bridgehead atoms. The summed E-state index contributed by atoms with van der Waals surface area (Å²) >= 11 is 0. The summed E-state index contributed by atoms with van der Waals surface area (Å²) in [4.78, 5) is 25.6. The van der Waals surface area contributed by atoms with E-state index in [9.17, 15) is 9.59 Å². The molecule has 3 aromatic rings. The first-order valence-electron chi connectivity index (χ1n) is 9.67. The Kier molecular flexibility index (Phi) is 4.80. The standard InChI is InChI=1S/C23H18N2O6/c26-22(24-14-9-10-18-20(11-14)30-13-29-18)15-5-1-2-6-16(15)25-23(27)21-12-28-17-7-3-4-8-19(17)31-21/h1-11,21H,12-13H2,(H,24,26)(H,25,27)/t21-/m1/s1. The van der Waals surface area contributed by atoms with Crippen LogP contribution in [0.3, 0.4) is 0 Å². The maximum absolute atomic E-state index is 12.9. The van der Waals surface area contributed by atoms with Gasteiger partial charge in [-0.3, -0.25) is 9.59 Å². The van der Waals surface area contributed by atoms with Crippen molar-refractivity contribution in [3.8, 4) is 23.0 Å². The lowest BCUT2D eigenvalue weighted by molar-refractivity contribution is -0.125. The van der Waals surface area contributed by atoms with Gasteiger partial charge in [-0.25, -0.2) is 0 Å². The predicted octanol–water partition coefficient (Wildman–Crippen LogP) is 3.45. The normalized spacial score (nSPS) is 15.8. The number of nitrogens with one attached hydrogen (secondary N) is 2. The van der Waals surface area contributed by atoms with Crippen LogP contribution in [0.2, 0.25) is 0 Å². The van der Waals surface area contributed by atoms with Crippen LogP contribution in [0.1, 0.15) is 10.4 Å². The van der Waals surface area contributed by atoms with Gasteiger partial charge in [-0.05, 0) is 36.4 Å². The highest BCUT2D eigenvalue weighted by molar-refractivity contribution is 6.10. The second kappa shape index (κ2) is 7.91. The first-order chi connectivity index (χ1) is 15.2. The van der Waals surface area contributed by atoms with E-state index in [0.29, 0.717) is 39.9 Å². The van der Waals surface area contributed by atoms with Crippen molar-refractivity contribution in [1.82, 2.24) is 0 Å². The maximum atomic E-state index is 12.9. The summed E-state index contributed by atoms with van der Waals surface area (Å²) in [5.74, 6) is 1.51. The highest BCUT2D eigenvalue weighted by atomic mass is 16.7. The molecule has 0 radical (unpaired) electrons. The molecule has 0 unspecified atom stereocenters. The average molecular weight is 418 g/mol. The van der Waals surface area contributed by atoms with E-state index in [1.54, 1.807) is 60.7 Å². The lowest BCUT2D eigenvalue weighted by atomic mass is 10.1. The van der Waals surface area contributed by atoms with Gasteiger partial charge in [0.15, 0.2) is 23.0 Å². The molecule has 2 aliphatic heterocycles. The lowest BCUT2D eigenvalue weighted by Crippen LogP contribution is -2.40. The van der Waals surface area contributed by atoms with E-state index in [1.807, 2.05) is 6.07 Å². The second-order valence-electron chi connectivity index (χ2n) is 6.92. The van der Waals surface area contributed by atoms with Crippen molar-refractivity contribution in [3.63, 3.8) is 0 Å². The van der Waals surface area contributed by atoms with Gasteiger partial charge in [0, 0.05) is 11.8 Å². The fourth-order valence-electron chi connectivity index (χ4n) is 3.32. The number of hydrogen-bond donors (Lipinski definition) is 2. The molecular formula is C23H18N2O6. The number of amides is 2. The van der Waals surface area contributed by atoms with Gasteiger partial charge in [-0.15, -0.1) is 0 Å². The molecule has 8 nitrogen and oxygen atoms in total. The molecule has 0 aliphatic carbocycles. The highest BCUT2D eigenvalue weighted by Gasteiger charge is 2.28. The summed E-state index contributed by atoms with van der Waals surface area (Å²) in [6.07, 6.45) is -0.833. The summed E-state index contributed by atoms with van der Waals surface area (Å²) in [7, 11) is 0. The Bertz CT molecular complexity index is 1160. The zero-order valence-corrected chi connectivity index (χ0v) is 16.3. The Morgan fingerprint density at radius 3 is 2.42 bits per heavy atom. The number of ether oxygens (including phenoxy) is 4. The molecule has 1 atom stereocenters. The molecule has 156 valence electrons. The number of para-hydroxylation sites is 3. The Labute approximate surface area is 177 Å². The maximum Gasteiger partial charge on any atom is 0.269 e. The predicted molar refractivity (Wildman–Crippen MR) is 112 cm³/mol. The SMILES string of the molecule is O=C(Nc1ccc2c(c1)OCO2)c1ccccc1NC(=O)[C@H]1COc2ccccc2O1. The van der Waals surface area contributed by atoms with Crippen LogP contribution in [-0.4, -0.2) is 31.3 Å². The second-order valence-corrected chi connectivity index (χ2v) is 6.92. The zero-order valence-electron chi connectivity index (χ0n) is 16.3. The molecule has 2 aliphatic rings. The molecule has 2 N–H and O–H groups in total. The van der Waals surface area contributed by atoms with Crippen molar-refractivity contribution in [2.24, 2.45) is 0 Å². The lowest BCUT2D eigenvalue weighted by Gasteiger charge is -2.25. The van der Waals surface area contributed by atoms with Crippen molar-refractivity contribution in [2.75, 3.05) is 24.0 Å². The van der Waals surface area contributed by atoms with E-state index in [0.717, 1.165) is 0 Å². The largest absolute Gasteiger partial charge is 0.485 e. The van der Waals surface area contributed by atoms with Gasteiger partial charge in [0.2, 0.25) is 12.9 Å². The third-order valence-electron chi connectivity index (χ3n) is 4.86. The van der Waals surface area contributed by atoms with E-state index in [1.165, 1.54) is 0 Å². The van der Waals surface area contributed by atoms with Crippen LogP contribution in [0, 0.1) is 0 Å². The number of fused-ring (bicyclic) bond motifs is 2. The van der Waals surface area contributed by atoms with Crippen molar-refractivity contribution >= 4 is 23.2 Å². The van der Waals surface area contributed by atoms with Crippen LogP contribution in [0.25, 0.3) is 0 Å². The van der Waals surface area contributed by atoms with Crippen molar-refractivity contribution in [2.45, 2.75) is 6.10 Å². The molecule has 2 amide bonds. The van der Waals surface area contributed by atoms with Crippen LogP contribution in [0.4, 0.5) is 11.4 Å². The first-order valence-corrected chi connectivity index (χ1v) is 9.67. The van der Waals surface area contributed by atoms with Crippen molar-refractivity contribution in [3.05, 3.63) is 72.3 Å². The number of carbonyl (C=O) groups excluding carboxylic acids is 2. The smallest absolute Gasteiger partial charge is 0.269 e. The summed E-state index contributed by atoms with van der Waals surface area (Å²) in [6.45, 7) is 0.230. The van der Waals surface area contributed by atoms with Gasteiger partial charge in [0.05, 0.1) is 11.3 Å². The van der Waals surface area contributed by atoms with Crippen molar-refractivity contribution < 1.29 is 28.5 Å². The molecule has 5 rings (SSSR count). The minimum Gasteiger partial charge on any atom is -0.485 e. The average Bonchev–Trinajstić information content (AvgIpc) is 3.27. The molecular weight excluding hydrogens is 400 g/mol. The van der Waals surface area contributed by atoms with Gasteiger partial charge in [-0.2, -0.15) is 0 Å². The number of benzene rings is 3. The summed E-state index contributed by atoms with van der Waals surface area (Å²) < 4.78 is 22.0. The van der Waals surface area contributed by atoms with Crippen molar-refractivity contribution in [1.29, 1.82) is 0 Å². The minimum absolute atomic E-state index is 0.0778. The van der Waals surface area contributed by atoms with Crippen LogP contribution in [0.5, 0.6) is 23.0 Å². The number of rotatable bonds is 4. The van der Waals surface area contributed by atoms with Crippen LogP contribution in [0.15, 0.2) is 66.7 Å². The Morgan fingerprint density at radius 1 is 0.774 bits per heavy atom. The van der Waals surface area contributed by atoms with Gasteiger partial charge in [0.1, 0.15) is 6.61 Å². The van der Waals surface area contributed by atoms with Gasteiger partial charge in [0.25, 0.3) is 11.8 Å². The molecule has 0 saturated heterocycles. The highest BCUT2D eigenvalue weighted by Crippen LogP contribution is 2.34. The summed E-state index contributed by atoms with van der Waals surface area (Å²) in [5, 5.41) is 5.58. The monoisotopic (exact) mass is 418 g/mol. The quantitative estimate of drug-likeness (QED) is 0.674. The number of carbonyl (C=O) groups is 2. The van der Waals surface area contributed by atoms with E-state index in [-0.39, 0.29) is 19.3 Å². The molecule has 0 fully saturated rings. The van der Waals surface area contributed by atoms with Gasteiger partial charge >= 0.3 is 0 Å². The fourth-order valence-corrected chi connectivity index (χ4v) is 3.32. The molecule has 8 heteroatoms. The third kappa shape index (κ3) is 3.83. The number of anilines is 2. The Hall–Kier alpha value is -4.20. The van der Waals surface area contributed by atoms with E-state index in [4.69, 9.17) is 18.9 Å². The zero-order chi connectivity index (χ0) is 21.2. The van der Waals surface area contributed by atoms with Crippen LogP contribution in [-0.2, 0) is 4.79 Å². The van der Waals surface area contributed by atoms with E-state index >= 15 is 0 Å². The van der Waals surface area contributed by atoms with Crippen LogP contribution < -0.4 is 29.6 Å². The molecule has 0 aromatic heterocycles. The third-order valence-corrected chi connectivity index (χ3v) is 4.86. The fraction of sp³-hybridized carbons (Fsp3) is 0.130. The Balaban J connectivity index is 1.30. The molecule has 2 heterocycles. The molecule has 3 aromatic carbocycles. The van der Waals surface area contributed by atoms with Crippen LogP contribution >= 0.6 is 0 Å². The Morgan fingerprint density at radius 2 is 1.52 bits per heavy atom. The van der Waals surface area contributed by atoms with Gasteiger partial charge in [-0.1, -0.05) is 24.3 Å². The molecule has 0 saturated carbocycles. The van der Waals surface area contributed by atoms with Gasteiger partial charge < -0.3 is 29.6 Å². The topological polar surface area (TPSA) is 95.1 Å². The number of hydrogen-bond acceptors (Lipinski definition) is 6. The summed E-state index contributed by atoms with van der Waals surface area (Å²) in [6, 6.07) is 19.0. The van der Waals surface area contributed by atoms with E-state index in [2.05, 4.69) is 10.6 Å². The van der Waals surface area contributed by atoms with E-state index < -0.39 is 12.0 Å². The molecule has 31 heavy (non-hydrogen) atoms. The minimum atomic E-state index is -0.833. The molecule has 0 spiro atoms.